The smallest absolute Gasteiger partial charge is 0.315 e. The van der Waals surface area contributed by atoms with Crippen molar-refractivity contribution in [2.75, 3.05) is 27.2 Å². The number of nitrogens with one attached hydrogen (secondary N) is 4. The van der Waals surface area contributed by atoms with Gasteiger partial charge in [-0.2, -0.15) is 4.31 Å². The van der Waals surface area contributed by atoms with E-state index < -0.39 is 69.1 Å². The standard InChI is InChI=1S/C33H52N6O7S2/c1-11-12-14-21(26(40)29(42)34-9)35-28(41)25-24-20(33(24,7)8)17-39(25)30(43)27(32(4,5)6)37-31(44)36-22(19(2)3)18-38(10)48(45,46)23-15-13-16-47-23/h13,15-16,20-22,24-25,27H,2,11-12,14,17-18H2,1,3-10H3,(H,34,42)(H,35,41)(H2,36,37,44)/t20-,21?,22+,24-,25-,27+/m0/s1. The summed E-state index contributed by atoms with van der Waals surface area (Å²) in [6, 6.07) is -1.29. The number of carbonyl (C=O) groups excluding carboxylic acids is 5. The summed E-state index contributed by atoms with van der Waals surface area (Å²) >= 11 is 1.09. The lowest BCUT2D eigenvalue weighted by atomic mass is 9.85. The lowest BCUT2D eigenvalue weighted by Crippen LogP contribution is -2.62. The van der Waals surface area contributed by atoms with Crippen LogP contribution in [0.1, 0.15) is 67.7 Å². The Morgan fingerprint density at radius 2 is 1.77 bits per heavy atom. The topological polar surface area (TPSA) is 174 Å². The van der Waals surface area contributed by atoms with Crippen LogP contribution in [0.15, 0.2) is 33.9 Å². The molecule has 0 aromatic carbocycles. The molecule has 2 heterocycles. The molecule has 268 valence electrons. The molecule has 5 amide bonds. The van der Waals surface area contributed by atoms with Crippen LogP contribution in [0, 0.1) is 22.7 Å². The number of urea groups is 1. The number of carbonyl (C=O) groups is 5. The highest BCUT2D eigenvalue weighted by Gasteiger charge is 2.70. The quantitative estimate of drug-likeness (QED) is 0.160. The fraction of sp³-hybridized carbons (Fsp3) is 0.667. The highest BCUT2D eigenvalue weighted by atomic mass is 32.2. The summed E-state index contributed by atoms with van der Waals surface area (Å²) in [5.74, 6) is -2.61. The van der Waals surface area contributed by atoms with Crippen molar-refractivity contribution in [3.8, 4) is 0 Å². The van der Waals surface area contributed by atoms with Gasteiger partial charge in [-0.3, -0.25) is 19.2 Å². The van der Waals surface area contributed by atoms with E-state index in [0.717, 1.165) is 22.1 Å². The van der Waals surface area contributed by atoms with E-state index in [9.17, 15) is 32.4 Å². The summed E-state index contributed by atoms with van der Waals surface area (Å²) in [5, 5.41) is 12.3. The number of fused-ring (bicyclic) bond motifs is 1. The maximum absolute atomic E-state index is 14.3. The molecule has 1 unspecified atom stereocenters. The number of rotatable bonds is 15. The number of nitrogens with zero attached hydrogens (tertiary/aromatic N) is 2. The second-order valence-electron chi connectivity index (χ2n) is 14.6. The van der Waals surface area contributed by atoms with E-state index in [2.05, 4.69) is 27.8 Å². The van der Waals surface area contributed by atoms with Crippen LogP contribution in [0.3, 0.4) is 0 Å². The molecule has 0 radical (unpaired) electrons. The molecular formula is C33H52N6O7S2. The van der Waals surface area contributed by atoms with Gasteiger partial charge in [-0.05, 0) is 47.5 Å². The summed E-state index contributed by atoms with van der Waals surface area (Å²) in [6.45, 7) is 17.2. The molecule has 15 heteroatoms. The summed E-state index contributed by atoms with van der Waals surface area (Å²) in [5.41, 5.74) is -0.483. The third kappa shape index (κ3) is 8.46. The summed E-state index contributed by atoms with van der Waals surface area (Å²) in [4.78, 5) is 68.2. The van der Waals surface area contributed by atoms with Crippen molar-refractivity contribution in [1.29, 1.82) is 0 Å². The molecule has 13 nitrogen and oxygen atoms in total. The van der Waals surface area contributed by atoms with Gasteiger partial charge in [-0.25, -0.2) is 13.2 Å². The number of hydrogen-bond acceptors (Lipinski definition) is 8. The minimum Gasteiger partial charge on any atom is -0.353 e. The molecule has 1 aromatic heterocycles. The van der Waals surface area contributed by atoms with E-state index in [4.69, 9.17) is 0 Å². The fourth-order valence-corrected chi connectivity index (χ4v) is 8.80. The van der Waals surface area contributed by atoms with Crippen LogP contribution in [-0.2, 0) is 29.2 Å². The van der Waals surface area contributed by atoms with Gasteiger partial charge in [0.05, 0.1) is 12.1 Å². The Hall–Kier alpha value is -3.30. The second-order valence-corrected chi connectivity index (χ2v) is 17.8. The third-order valence-corrected chi connectivity index (χ3v) is 12.8. The molecule has 1 saturated carbocycles. The van der Waals surface area contributed by atoms with Crippen molar-refractivity contribution in [1.82, 2.24) is 30.5 Å². The molecule has 2 aliphatic rings. The molecule has 6 atom stereocenters. The summed E-state index contributed by atoms with van der Waals surface area (Å²) in [7, 11) is -1.01. The third-order valence-electron chi connectivity index (χ3n) is 9.58. The maximum atomic E-state index is 14.3. The number of unbranched alkanes of at least 4 members (excludes halogenated alkanes) is 1. The van der Waals surface area contributed by atoms with Gasteiger partial charge in [-0.1, -0.05) is 72.6 Å². The molecule has 48 heavy (non-hydrogen) atoms. The molecule has 0 spiro atoms. The number of thiophene rings is 1. The van der Waals surface area contributed by atoms with Crippen LogP contribution in [-0.4, -0.2) is 98.5 Å². The number of sulfonamides is 1. The maximum Gasteiger partial charge on any atom is 0.315 e. The van der Waals surface area contributed by atoms with Gasteiger partial charge in [0.15, 0.2) is 0 Å². The van der Waals surface area contributed by atoms with E-state index in [1.807, 2.05) is 20.8 Å². The number of ketones is 1. The van der Waals surface area contributed by atoms with Crippen molar-refractivity contribution in [2.45, 2.75) is 96.1 Å². The van der Waals surface area contributed by atoms with Gasteiger partial charge in [0, 0.05) is 27.2 Å². The second kappa shape index (κ2) is 15.1. The predicted molar refractivity (Wildman–Crippen MR) is 184 cm³/mol. The number of hydrogen-bond donors (Lipinski definition) is 4. The zero-order chi connectivity index (χ0) is 36.4. The van der Waals surface area contributed by atoms with Gasteiger partial charge in [0.1, 0.15) is 16.3 Å². The average Bonchev–Trinajstić information content (AvgIpc) is 3.46. The first kappa shape index (κ1) is 39.1. The molecule has 1 aliphatic carbocycles. The van der Waals surface area contributed by atoms with Crippen LogP contribution < -0.4 is 21.3 Å². The highest BCUT2D eigenvalue weighted by Crippen LogP contribution is 2.65. The van der Waals surface area contributed by atoms with E-state index >= 15 is 0 Å². The van der Waals surface area contributed by atoms with Gasteiger partial charge < -0.3 is 26.2 Å². The lowest BCUT2D eigenvalue weighted by molar-refractivity contribution is -0.145. The number of piperidine rings is 1. The van der Waals surface area contributed by atoms with Crippen molar-refractivity contribution in [3.63, 3.8) is 0 Å². The van der Waals surface area contributed by atoms with Gasteiger partial charge in [0.25, 0.3) is 15.9 Å². The SMILES string of the molecule is C=C(C)[C@@H](CN(C)S(=O)(=O)c1cccs1)NC(=O)N[C@H](C(=O)N1C[C@H]2[C@@H]([C@H]1C(=O)NC(CCCC)C(=O)C(=O)NC)C2(C)C)C(C)(C)C. The first-order valence-corrected chi connectivity index (χ1v) is 18.6. The van der Waals surface area contributed by atoms with Crippen LogP contribution in [0.25, 0.3) is 0 Å². The average molecular weight is 709 g/mol. The Bertz CT molecular complexity index is 1500. The van der Waals surface area contributed by atoms with Crippen LogP contribution >= 0.6 is 11.3 Å². The Labute approximate surface area is 288 Å². The van der Waals surface area contributed by atoms with Crippen LogP contribution in [0.4, 0.5) is 4.79 Å². The van der Waals surface area contributed by atoms with E-state index in [1.54, 1.807) is 39.1 Å². The minimum atomic E-state index is -3.78. The van der Waals surface area contributed by atoms with Gasteiger partial charge >= 0.3 is 6.03 Å². The molecule has 1 aliphatic heterocycles. The predicted octanol–water partition coefficient (Wildman–Crippen LogP) is 2.50. The van der Waals surface area contributed by atoms with Gasteiger partial charge in [0.2, 0.25) is 17.6 Å². The summed E-state index contributed by atoms with van der Waals surface area (Å²) < 4.78 is 27.3. The first-order chi connectivity index (χ1) is 22.2. The van der Waals surface area contributed by atoms with E-state index in [0.29, 0.717) is 18.5 Å². The first-order valence-electron chi connectivity index (χ1n) is 16.3. The van der Waals surface area contributed by atoms with Crippen molar-refractivity contribution >= 4 is 50.9 Å². The molecule has 1 aromatic rings. The zero-order valence-corrected chi connectivity index (χ0v) is 31.1. The molecular weight excluding hydrogens is 657 g/mol. The molecule has 1 saturated heterocycles. The van der Waals surface area contributed by atoms with E-state index in [-0.39, 0.29) is 34.4 Å². The molecule has 4 N–H and O–H groups in total. The Balaban J connectivity index is 1.81. The van der Waals surface area contributed by atoms with Crippen LogP contribution in [0.5, 0.6) is 0 Å². The fourth-order valence-electron chi connectivity index (χ4n) is 6.42. The van der Waals surface area contributed by atoms with Crippen molar-refractivity contribution in [2.24, 2.45) is 22.7 Å². The number of amides is 5. The normalized spacial score (nSPS) is 21.8. The zero-order valence-electron chi connectivity index (χ0n) is 29.5. The van der Waals surface area contributed by atoms with Gasteiger partial charge in [-0.15, -0.1) is 11.3 Å². The number of Topliss-reactive ketones (excluding diaryl/α,β-unsaturated/α-hetero) is 1. The molecule has 0 bridgehead atoms. The highest BCUT2D eigenvalue weighted by molar-refractivity contribution is 7.91. The van der Waals surface area contributed by atoms with Crippen LogP contribution in [0.2, 0.25) is 0 Å². The van der Waals surface area contributed by atoms with Crippen molar-refractivity contribution < 1.29 is 32.4 Å². The van der Waals surface area contributed by atoms with E-state index in [1.165, 1.54) is 25.1 Å². The minimum absolute atomic E-state index is 0.0454. The lowest BCUT2D eigenvalue weighted by Gasteiger charge is -2.38. The summed E-state index contributed by atoms with van der Waals surface area (Å²) in [6.07, 6.45) is 1.66. The monoisotopic (exact) mass is 708 g/mol. The van der Waals surface area contributed by atoms with Crippen molar-refractivity contribution in [3.05, 3.63) is 29.7 Å². The number of likely N-dealkylation sites (tertiary alicyclic amines) is 1. The Morgan fingerprint density at radius 3 is 2.29 bits per heavy atom. The largest absolute Gasteiger partial charge is 0.353 e. The molecule has 3 rings (SSSR count). The molecule has 2 fully saturated rings. The number of likely N-dealkylation sites (N-methyl/N-ethyl adjacent to an activating group) is 2. The Morgan fingerprint density at radius 1 is 1.12 bits per heavy atom. The Kier molecular flexibility index (Phi) is 12.3.